The van der Waals surface area contributed by atoms with Gasteiger partial charge >= 0.3 is 5.97 Å². The van der Waals surface area contributed by atoms with Crippen molar-refractivity contribution < 1.29 is 19.1 Å². The van der Waals surface area contributed by atoms with E-state index in [2.05, 4.69) is 0 Å². The van der Waals surface area contributed by atoms with Crippen LogP contribution >= 0.6 is 11.3 Å². The average molecular weight is 381 g/mol. The second-order valence-corrected chi connectivity index (χ2v) is 7.42. The summed E-state index contributed by atoms with van der Waals surface area (Å²) in [7, 11) is 1.30. The van der Waals surface area contributed by atoms with Crippen molar-refractivity contribution in [1.29, 1.82) is 0 Å². The highest BCUT2D eigenvalue weighted by atomic mass is 32.1. The highest BCUT2D eigenvalue weighted by molar-refractivity contribution is 7.08. The van der Waals surface area contributed by atoms with Crippen molar-refractivity contribution >= 4 is 23.1 Å². The monoisotopic (exact) mass is 381 g/mol. The Labute approximate surface area is 161 Å². The minimum Gasteiger partial charge on any atom is -0.465 e. The minimum atomic E-state index is -0.576. The lowest BCUT2D eigenvalue weighted by Gasteiger charge is -2.34. The molecule has 4 rings (SSSR count). The molecule has 2 N–H and O–H groups in total. The number of esters is 1. The van der Waals surface area contributed by atoms with Gasteiger partial charge in [0.2, 0.25) is 5.88 Å². The third-order valence-corrected chi connectivity index (χ3v) is 5.79. The number of Topliss-reactive ketones (excluding diaryl/α,β-unsaturated/α-hetero) is 1. The van der Waals surface area contributed by atoms with Crippen molar-refractivity contribution in [3.8, 4) is 0 Å². The Morgan fingerprint density at radius 2 is 1.96 bits per heavy atom. The third kappa shape index (κ3) is 3.06. The van der Waals surface area contributed by atoms with Crippen LogP contribution in [-0.4, -0.2) is 18.9 Å². The van der Waals surface area contributed by atoms with Crippen LogP contribution in [0.3, 0.4) is 0 Å². The van der Waals surface area contributed by atoms with Crippen LogP contribution < -0.4 is 5.73 Å². The van der Waals surface area contributed by atoms with Crippen LogP contribution in [0.5, 0.6) is 0 Å². The van der Waals surface area contributed by atoms with Crippen LogP contribution in [0, 0.1) is 0 Å². The summed E-state index contributed by atoms with van der Waals surface area (Å²) in [5.74, 6) is -0.534. The standard InChI is InChI=1S/C21H19NO4S/c1-25-21(24)19-17(13-7-8-27-11-13)18-15(23)9-14(10-16(18)26-20(19)22)12-5-3-2-4-6-12/h2-8,11,14,17H,9-10,22H2,1H3/t14-,17+/m0/s1. The predicted octanol–water partition coefficient (Wildman–Crippen LogP) is 3.61. The van der Waals surface area contributed by atoms with Crippen molar-refractivity contribution in [3.05, 3.63) is 81.1 Å². The second kappa shape index (κ2) is 7.04. The zero-order valence-corrected chi connectivity index (χ0v) is 15.6. The molecule has 1 aromatic heterocycles. The van der Waals surface area contributed by atoms with Gasteiger partial charge in [0.05, 0.1) is 13.0 Å². The minimum absolute atomic E-state index is 0.0123. The number of methoxy groups -OCH3 is 1. The molecule has 2 aliphatic rings. The van der Waals surface area contributed by atoms with Gasteiger partial charge in [-0.1, -0.05) is 30.3 Å². The lowest BCUT2D eigenvalue weighted by molar-refractivity contribution is -0.136. The summed E-state index contributed by atoms with van der Waals surface area (Å²) in [6.07, 6.45) is 0.947. The highest BCUT2D eigenvalue weighted by Gasteiger charge is 2.43. The molecule has 0 amide bonds. The number of carbonyl (C=O) groups excluding carboxylic acids is 2. The first-order valence-corrected chi connectivity index (χ1v) is 9.63. The Morgan fingerprint density at radius 1 is 1.19 bits per heavy atom. The van der Waals surface area contributed by atoms with E-state index in [4.69, 9.17) is 15.2 Å². The maximum atomic E-state index is 13.1. The second-order valence-electron chi connectivity index (χ2n) is 6.64. The lowest BCUT2D eigenvalue weighted by Crippen LogP contribution is -2.32. The molecule has 0 saturated heterocycles. The number of ether oxygens (including phenoxy) is 2. The number of hydrogen-bond donors (Lipinski definition) is 1. The molecule has 0 spiro atoms. The molecule has 1 aliphatic heterocycles. The van der Waals surface area contributed by atoms with Crippen LogP contribution in [0.2, 0.25) is 0 Å². The van der Waals surface area contributed by atoms with Gasteiger partial charge in [-0.3, -0.25) is 4.79 Å². The summed E-state index contributed by atoms with van der Waals surface area (Å²) in [5, 5.41) is 3.84. The molecule has 0 bridgehead atoms. The van der Waals surface area contributed by atoms with E-state index in [0.717, 1.165) is 11.1 Å². The van der Waals surface area contributed by atoms with Crippen LogP contribution in [0.15, 0.2) is 69.9 Å². The maximum absolute atomic E-state index is 13.1. The van der Waals surface area contributed by atoms with Crippen molar-refractivity contribution in [2.75, 3.05) is 7.11 Å². The van der Waals surface area contributed by atoms with E-state index in [1.165, 1.54) is 18.4 Å². The number of nitrogens with two attached hydrogens (primary N) is 1. The van der Waals surface area contributed by atoms with Gasteiger partial charge in [-0.25, -0.2) is 4.79 Å². The molecule has 2 atom stereocenters. The zero-order valence-electron chi connectivity index (χ0n) is 14.8. The Morgan fingerprint density at radius 3 is 2.63 bits per heavy atom. The van der Waals surface area contributed by atoms with Gasteiger partial charge in [0.1, 0.15) is 11.3 Å². The van der Waals surface area contributed by atoms with Crippen molar-refractivity contribution in [3.63, 3.8) is 0 Å². The molecular weight excluding hydrogens is 362 g/mol. The molecule has 2 aromatic rings. The van der Waals surface area contributed by atoms with Gasteiger partial charge in [0.15, 0.2) is 5.78 Å². The lowest BCUT2D eigenvalue weighted by atomic mass is 9.74. The third-order valence-electron chi connectivity index (χ3n) is 5.09. The largest absolute Gasteiger partial charge is 0.465 e. The average Bonchev–Trinajstić information content (AvgIpc) is 3.21. The number of benzene rings is 1. The fraction of sp³-hybridized carbons (Fsp3) is 0.238. The van der Waals surface area contributed by atoms with E-state index in [1.54, 1.807) is 0 Å². The topological polar surface area (TPSA) is 78.6 Å². The zero-order chi connectivity index (χ0) is 19.0. The molecule has 0 fully saturated rings. The number of hydrogen-bond acceptors (Lipinski definition) is 6. The summed E-state index contributed by atoms with van der Waals surface area (Å²) < 4.78 is 10.7. The molecule has 27 heavy (non-hydrogen) atoms. The Balaban J connectivity index is 1.79. The maximum Gasteiger partial charge on any atom is 0.340 e. The Hall–Kier alpha value is -2.86. The molecule has 0 unspecified atom stereocenters. The van der Waals surface area contributed by atoms with E-state index in [9.17, 15) is 9.59 Å². The van der Waals surface area contributed by atoms with E-state index < -0.39 is 11.9 Å². The van der Waals surface area contributed by atoms with Gasteiger partial charge in [-0.05, 0) is 33.9 Å². The SMILES string of the molecule is COC(=O)C1=C(N)OC2=C(C(=O)C[C@H](c3ccccc3)C2)[C@H]1c1ccsc1. The Kier molecular flexibility index (Phi) is 4.58. The first kappa shape index (κ1) is 17.5. The van der Waals surface area contributed by atoms with Gasteiger partial charge in [-0.2, -0.15) is 11.3 Å². The van der Waals surface area contributed by atoms with E-state index in [0.29, 0.717) is 24.2 Å². The Bertz CT molecular complexity index is 944. The quantitative estimate of drug-likeness (QED) is 0.822. The van der Waals surface area contributed by atoms with E-state index in [1.807, 2.05) is 47.2 Å². The molecular formula is C21H19NO4S. The predicted molar refractivity (Wildman–Crippen MR) is 102 cm³/mol. The molecule has 1 aliphatic carbocycles. The van der Waals surface area contributed by atoms with Crippen LogP contribution in [-0.2, 0) is 19.1 Å². The first-order chi connectivity index (χ1) is 13.1. The first-order valence-electron chi connectivity index (χ1n) is 8.69. The number of thiophene rings is 1. The molecule has 0 saturated carbocycles. The van der Waals surface area contributed by atoms with Crippen LogP contribution in [0.4, 0.5) is 0 Å². The van der Waals surface area contributed by atoms with Crippen molar-refractivity contribution in [2.45, 2.75) is 24.7 Å². The summed E-state index contributed by atoms with van der Waals surface area (Å²) >= 11 is 1.50. The summed E-state index contributed by atoms with van der Waals surface area (Å²) in [6.45, 7) is 0. The van der Waals surface area contributed by atoms with Gasteiger partial charge < -0.3 is 15.2 Å². The molecule has 1 aromatic carbocycles. The van der Waals surface area contributed by atoms with Gasteiger partial charge in [0.25, 0.3) is 0 Å². The molecule has 6 heteroatoms. The van der Waals surface area contributed by atoms with Gasteiger partial charge in [0, 0.05) is 18.4 Å². The fourth-order valence-electron chi connectivity index (χ4n) is 3.85. The normalized spacial score (nSPS) is 22.3. The smallest absolute Gasteiger partial charge is 0.340 e. The highest BCUT2D eigenvalue weighted by Crippen LogP contribution is 2.47. The van der Waals surface area contributed by atoms with Crippen LogP contribution in [0.1, 0.15) is 35.8 Å². The molecule has 138 valence electrons. The fourth-order valence-corrected chi connectivity index (χ4v) is 4.54. The molecule has 5 nitrogen and oxygen atoms in total. The number of carbonyl (C=O) groups is 2. The van der Waals surface area contributed by atoms with E-state index in [-0.39, 0.29) is 23.2 Å². The number of allylic oxidation sites excluding steroid dienone is 2. The number of rotatable bonds is 3. The summed E-state index contributed by atoms with van der Waals surface area (Å²) in [6, 6.07) is 11.8. The molecule has 2 heterocycles. The van der Waals surface area contributed by atoms with Crippen LogP contribution in [0.25, 0.3) is 0 Å². The van der Waals surface area contributed by atoms with Crippen molar-refractivity contribution in [1.82, 2.24) is 0 Å². The molecule has 0 radical (unpaired) electrons. The van der Waals surface area contributed by atoms with Crippen molar-refractivity contribution in [2.24, 2.45) is 5.73 Å². The van der Waals surface area contributed by atoms with Gasteiger partial charge in [-0.15, -0.1) is 0 Å². The number of ketones is 1. The van der Waals surface area contributed by atoms with E-state index >= 15 is 0 Å². The summed E-state index contributed by atoms with van der Waals surface area (Å²) in [5.41, 5.74) is 8.77. The summed E-state index contributed by atoms with van der Waals surface area (Å²) in [4.78, 5) is 25.5.